The van der Waals surface area contributed by atoms with E-state index in [4.69, 9.17) is 10.8 Å². The van der Waals surface area contributed by atoms with Crippen LogP contribution >= 0.6 is 0 Å². The summed E-state index contributed by atoms with van der Waals surface area (Å²) in [6, 6.07) is 15.3. The van der Waals surface area contributed by atoms with Crippen LogP contribution in [0.1, 0.15) is 72.3 Å². The van der Waals surface area contributed by atoms with Gasteiger partial charge in [-0.25, -0.2) is 0 Å². The molecule has 0 N–H and O–H groups in total. The molecule has 0 aliphatic heterocycles. The van der Waals surface area contributed by atoms with Gasteiger partial charge in [-0.3, -0.25) is 0 Å². The molecule has 2 aromatic rings. The summed E-state index contributed by atoms with van der Waals surface area (Å²) in [6.45, 7) is 15.8. The second-order valence-corrected chi connectivity index (χ2v) is 15.6. The molecule has 2 aromatic carbocycles. The Labute approximate surface area is 204 Å². The second-order valence-electron chi connectivity index (χ2n) is 10.9. The summed E-state index contributed by atoms with van der Waals surface area (Å²) in [5.41, 5.74) is 4.33. The van der Waals surface area contributed by atoms with E-state index in [9.17, 15) is 0 Å². The molecule has 2 heteroatoms. The van der Waals surface area contributed by atoms with Gasteiger partial charge in [0.2, 0.25) is 0 Å². The first-order chi connectivity index (χ1) is 15.5. The predicted molar refractivity (Wildman–Crippen MR) is 149 cm³/mol. The molecular formula is C31H44OSi. The summed E-state index contributed by atoms with van der Waals surface area (Å²) in [7, 11) is -1.82. The molecule has 0 amide bonds. The first-order valence-corrected chi connectivity index (χ1v) is 15.4. The van der Waals surface area contributed by atoms with Gasteiger partial charge < -0.3 is 4.43 Å². The SMILES string of the molecule is C#C[C@@H](CC/C(C)=C/CC/C(C)=C/CCc1cccc2ccccc12)O[Si](C)(C)C(C)(C)C. The number of aryl methyl sites for hydroxylation is 1. The maximum absolute atomic E-state index is 6.42. The molecule has 33 heavy (non-hydrogen) atoms. The molecule has 0 fully saturated rings. The lowest BCUT2D eigenvalue weighted by Crippen LogP contribution is -2.43. The van der Waals surface area contributed by atoms with Gasteiger partial charge in [-0.05, 0) is 86.8 Å². The average Bonchev–Trinajstić information content (AvgIpc) is 2.76. The van der Waals surface area contributed by atoms with Crippen molar-refractivity contribution in [1.29, 1.82) is 0 Å². The van der Waals surface area contributed by atoms with E-state index in [-0.39, 0.29) is 11.1 Å². The summed E-state index contributed by atoms with van der Waals surface area (Å²) >= 11 is 0. The molecular weight excluding hydrogens is 416 g/mol. The molecule has 0 aromatic heterocycles. The summed E-state index contributed by atoms with van der Waals surface area (Å²) < 4.78 is 6.42. The largest absolute Gasteiger partial charge is 0.403 e. The molecule has 0 spiro atoms. The smallest absolute Gasteiger partial charge is 0.193 e. The fourth-order valence-corrected chi connectivity index (χ4v) is 5.05. The Morgan fingerprint density at radius 3 is 2.30 bits per heavy atom. The van der Waals surface area contributed by atoms with E-state index in [1.807, 2.05) is 0 Å². The minimum Gasteiger partial charge on any atom is -0.403 e. The van der Waals surface area contributed by atoms with Crippen molar-refractivity contribution in [3.05, 3.63) is 71.3 Å². The first kappa shape index (κ1) is 27.2. The molecule has 0 heterocycles. The van der Waals surface area contributed by atoms with Gasteiger partial charge in [-0.15, -0.1) is 6.42 Å². The molecule has 2 rings (SSSR count). The molecule has 178 valence electrons. The number of fused-ring (bicyclic) bond motifs is 1. The number of hydrogen-bond donors (Lipinski definition) is 0. The number of allylic oxidation sites excluding steroid dienone is 4. The summed E-state index contributed by atoms with van der Waals surface area (Å²) in [6.07, 6.45) is 16.8. The minimum atomic E-state index is -1.82. The fourth-order valence-electron chi connectivity index (χ4n) is 3.80. The quantitative estimate of drug-likeness (QED) is 0.184. The van der Waals surface area contributed by atoms with Gasteiger partial charge in [0.15, 0.2) is 8.32 Å². The lowest BCUT2D eigenvalue weighted by molar-refractivity contribution is 0.224. The Morgan fingerprint density at radius 1 is 0.970 bits per heavy atom. The monoisotopic (exact) mass is 460 g/mol. The minimum absolute atomic E-state index is 0.0788. The van der Waals surface area contributed by atoms with Crippen LogP contribution in [-0.2, 0) is 10.8 Å². The van der Waals surface area contributed by atoms with E-state index in [0.717, 1.165) is 38.5 Å². The number of benzene rings is 2. The van der Waals surface area contributed by atoms with Crippen LogP contribution in [0.3, 0.4) is 0 Å². The lowest BCUT2D eigenvalue weighted by Gasteiger charge is -2.38. The topological polar surface area (TPSA) is 9.23 Å². The summed E-state index contributed by atoms with van der Waals surface area (Å²) in [5, 5.41) is 2.90. The summed E-state index contributed by atoms with van der Waals surface area (Å²) in [4.78, 5) is 0. The second kappa shape index (κ2) is 12.4. The highest BCUT2D eigenvalue weighted by Gasteiger charge is 2.38. The zero-order chi connectivity index (χ0) is 24.5. The Balaban J connectivity index is 1.77. The van der Waals surface area contributed by atoms with E-state index in [1.165, 1.54) is 27.5 Å². The highest BCUT2D eigenvalue weighted by atomic mass is 28.4. The van der Waals surface area contributed by atoms with Crippen LogP contribution in [-0.4, -0.2) is 14.4 Å². The van der Waals surface area contributed by atoms with E-state index in [2.05, 4.69) is 108 Å². The molecule has 0 saturated heterocycles. The molecule has 0 bridgehead atoms. The van der Waals surface area contributed by atoms with E-state index in [1.54, 1.807) is 0 Å². The van der Waals surface area contributed by atoms with Crippen LogP contribution < -0.4 is 0 Å². The van der Waals surface area contributed by atoms with Crippen LogP contribution in [0.5, 0.6) is 0 Å². The zero-order valence-corrected chi connectivity index (χ0v) is 23.0. The van der Waals surface area contributed by atoms with Crippen molar-refractivity contribution in [3.8, 4) is 12.3 Å². The predicted octanol–water partition coefficient (Wildman–Crippen LogP) is 9.25. The van der Waals surface area contributed by atoms with Gasteiger partial charge >= 0.3 is 0 Å². The van der Waals surface area contributed by atoms with Crippen molar-refractivity contribution in [1.82, 2.24) is 0 Å². The van der Waals surface area contributed by atoms with Crippen molar-refractivity contribution in [2.75, 3.05) is 0 Å². The van der Waals surface area contributed by atoms with Crippen LogP contribution in [0.15, 0.2) is 65.8 Å². The van der Waals surface area contributed by atoms with Gasteiger partial charge in [0.05, 0.1) is 0 Å². The first-order valence-electron chi connectivity index (χ1n) is 12.5. The maximum Gasteiger partial charge on any atom is 0.193 e. The molecule has 0 radical (unpaired) electrons. The number of rotatable bonds is 11. The number of terminal acetylenes is 1. The van der Waals surface area contributed by atoms with Crippen molar-refractivity contribution in [2.45, 2.75) is 97.4 Å². The van der Waals surface area contributed by atoms with E-state index >= 15 is 0 Å². The molecule has 1 nitrogen and oxygen atoms in total. The molecule has 0 aliphatic rings. The van der Waals surface area contributed by atoms with Crippen molar-refractivity contribution in [2.24, 2.45) is 0 Å². The third-order valence-electron chi connectivity index (χ3n) is 7.05. The average molecular weight is 461 g/mol. The van der Waals surface area contributed by atoms with Crippen molar-refractivity contribution < 1.29 is 4.43 Å². The Hall–Kier alpha value is -2.08. The van der Waals surface area contributed by atoms with Gasteiger partial charge in [0.1, 0.15) is 6.10 Å². The van der Waals surface area contributed by atoms with Crippen LogP contribution in [0.2, 0.25) is 18.1 Å². The Kier molecular flexibility index (Phi) is 10.2. The van der Waals surface area contributed by atoms with Gasteiger partial charge in [0, 0.05) is 0 Å². The highest BCUT2D eigenvalue weighted by molar-refractivity contribution is 6.74. The Morgan fingerprint density at radius 2 is 1.61 bits per heavy atom. The maximum atomic E-state index is 6.42. The van der Waals surface area contributed by atoms with Crippen molar-refractivity contribution >= 4 is 19.1 Å². The highest BCUT2D eigenvalue weighted by Crippen LogP contribution is 2.37. The Bertz CT molecular complexity index is 992. The third kappa shape index (κ3) is 8.65. The van der Waals surface area contributed by atoms with Crippen LogP contribution in [0, 0.1) is 12.3 Å². The molecule has 1 atom stereocenters. The molecule has 0 unspecified atom stereocenters. The lowest BCUT2D eigenvalue weighted by atomic mass is 10.00. The van der Waals surface area contributed by atoms with Crippen LogP contribution in [0.25, 0.3) is 10.8 Å². The normalized spacial score (nSPS) is 14.4. The molecule has 0 aliphatic carbocycles. The molecule has 0 saturated carbocycles. The van der Waals surface area contributed by atoms with E-state index in [0.29, 0.717) is 0 Å². The van der Waals surface area contributed by atoms with Crippen molar-refractivity contribution in [3.63, 3.8) is 0 Å². The summed E-state index contributed by atoms with van der Waals surface area (Å²) in [5.74, 6) is 2.88. The van der Waals surface area contributed by atoms with Gasteiger partial charge in [-0.2, -0.15) is 0 Å². The third-order valence-corrected chi connectivity index (χ3v) is 11.5. The van der Waals surface area contributed by atoms with Gasteiger partial charge in [0.25, 0.3) is 0 Å². The fraction of sp³-hybridized carbons (Fsp3) is 0.484. The van der Waals surface area contributed by atoms with Crippen LogP contribution in [0.4, 0.5) is 0 Å². The van der Waals surface area contributed by atoms with Gasteiger partial charge in [-0.1, -0.05) is 92.5 Å². The zero-order valence-electron chi connectivity index (χ0n) is 22.0. The van der Waals surface area contributed by atoms with E-state index < -0.39 is 8.32 Å². The standard InChI is InChI=1S/C31H44OSi/c1-9-29(32-33(7,8)31(4,5)6)24-23-26(3)16-12-15-25(2)17-13-19-28-21-14-20-27-18-10-11-22-30(27)28/h1,10-11,14,16-18,20-22,29H,12-13,15,19,23-24H2,2-8H3/b25-17+,26-16+/t29-/m0/s1. The number of hydrogen-bond acceptors (Lipinski definition) is 1.